The normalized spacial score (nSPS) is 20.3. The van der Waals surface area contributed by atoms with E-state index >= 15 is 0 Å². The SMILES string of the molecule is N#Cc1ccccc1C(=O)N1CCN([C@H]2CCc3ccccc3C2)CC1. The highest BCUT2D eigenvalue weighted by molar-refractivity contribution is 5.96. The van der Waals surface area contributed by atoms with Gasteiger partial charge in [-0.25, -0.2) is 0 Å². The van der Waals surface area contributed by atoms with E-state index in [2.05, 4.69) is 35.2 Å². The molecule has 1 aliphatic carbocycles. The minimum Gasteiger partial charge on any atom is -0.336 e. The molecule has 2 aliphatic rings. The van der Waals surface area contributed by atoms with E-state index in [4.69, 9.17) is 0 Å². The Morgan fingerprint density at radius 3 is 2.42 bits per heavy atom. The third-order valence-corrected chi connectivity index (χ3v) is 5.72. The number of amides is 1. The molecule has 0 bridgehead atoms. The number of aryl methyl sites for hydroxylation is 1. The van der Waals surface area contributed by atoms with Crippen LogP contribution in [0.3, 0.4) is 0 Å². The van der Waals surface area contributed by atoms with Crippen LogP contribution in [0.4, 0.5) is 0 Å². The Morgan fingerprint density at radius 2 is 1.65 bits per heavy atom. The monoisotopic (exact) mass is 345 g/mol. The fraction of sp³-hybridized carbons (Fsp3) is 0.364. The molecule has 1 amide bonds. The second-order valence-corrected chi connectivity index (χ2v) is 7.15. The lowest BCUT2D eigenvalue weighted by Crippen LogP contribution is -2.53. The van der Waals surface area contributed by atoms with Gasteiger partial charge in [-0.2, -0.15) is 5.26 Å². The topological polar surface area (TPSA) is 47.3 Å². The highest BCUT2D eigenvalue weighted by Crippen LogP contribution is 2.25. The van der Waals surface area contributed by atoms with Gasteiger partial charge in [-0.3, -0.25) is 9.69 Å². The van der Waals surface area contributed by atoms with Gasteiger partial charge in [-0.05, 0) is 42.5 Å². The van der Waals surface area contributed by atoms with Crippen LogP contribution in [0.1, 0.15) is 33.5 Å². The first kappa shape index (κ1) is 16.8. The van der Waals surface area contributed by atoms with Gasteiger partial charge in [0.05, 0.1) is 17.2 Å². The lowest BCUT2D eigenvalue weighted by atomic mass is 9.87. The van der Waals surface area contributed by atoms with Crippen LogP contribution in [0.5, 0.6) is 0 Å². The maximum atomic E-state index is 12.8. The smallest absolute Gasteiger partial charge is 0.255 e. The number of nitriles is 1. The van der Waals surface area contributed by atoms with Crippen molar-refractivity contribution in [3.05, 3.63) is 70.8 Å². The van der Waals surface area contributed by atoms with Gasteiger partial charge in [0.1, 0.15) is 0 Å². The van der Waals surface area contributed by atoms with Crippen LogP contribution in [-0.2, 0) is 12.8 Å². The summed E-state index contributed by atoms with van der Waals surface area (Å²) in [4.78, 5) is 17.2. The molecule has 0 radical (unpaired) electrons. The lowest BCUT2D eigenvalue weighted by Gasteiger charge is -2.41. The molecule has 4 rings (SSSR count). The van der Waals surface area contributed by atoms with Crippen LogP contribution in [0.2, 0.25) is 0 Å². The minimum absolute atomic E-state index is 0.0178. The Bertz CT molecular complexity index is 846. The summed E-state index contributed by atoms with van der Waals surface area (Å²) >= 11 is 0. The molecule has 4 heteroatoms. The van der Waals surface area contributed by atoms with E-state index in [1.807, 2.05) is 11.0 Å². The zero-order valence-corrected chi connectivity index (χ0v) is 14.9. The molecule has 1 heterocycles. The van der Waals surface area contributed by atoms with Crippen molar-refractivity contribution in [3.8, 4) is 6.07 Å². The predicted octanol–water partition coefficient (Wildman–Crippen LogP) is 2.87. The molecule has 132 valence electrons. The summed E-state index contributed by atoms with van der Waals surface area (Å²) in [7, 11) is 0. The van der Waals surface area contributed by atoms with Crippen LogP contribution < -0.4 is 0 Å². The summed E-state index contributed by atoms with van der Waals surface area (Å²) in [5.74, 6) is -0.0178. The summed E-state index contributed by atoms with van der Waals surface area (Å²) in [5.41, 5.74) is 3.95. The van der Waals surface area contributed by atoms with Crippen LogP contribution >= 0.6 is 0 Å². The molecule has 1 atom stereocenters. The number of carbonyl (C=O) groups is 1. The molecule has 2 aromatic carbocycles. The van der Waals surface area contributed by atoms with E-state index in [1.165, 1.54) is 17.5 Å². The van der Waals surface area contributed by atoms with Gasteiger partial charge < -0.3 is 4.90 Å². The minimum atomic E-state index is -0.0178. The van der Waals surface area contributed by atoms with Crippen molar-refractivity contribution in [2.45, 2.75) is 25.3 Å². The average molecular weight is 345 g/mol. The average Bonchev–Trinajstić information content (AvgIpc) is 2.73. The lowest BCUT2D eigenvalue weighted by molar-refractivity contribution is 0.0553. The molecular formula is C22H23N3O. The Balaban J connectivity index is 1.39. The van der Waals surface area contributed by atoms with Gasteiger partial charge in [0.2, 0.25) is 0 Å². The number of fused-ring (bicyclic) bond motifs is 1. The zero-order valence-electron chi connectivity index (χ0n) is 14.9. The predicted molar refractivity (Wildman–Crippen MR) is 101 cm³/mol. The van der Waals surface area contributed by atoms with E-state index in [1.54, 1.807) is 18.2 Å². The third-order valence-electron chi connectivity index (χ3n) is 5.72. The largest absolute Gasteiger partial charge is 0.336 e. The first-order valence-corrected chi connectivity index (χ1v) is 9.35. The molecular weight excluding hydrogens is 322 g/mol. The fourth-order valence-electron chi connectivity index (χ4n) is 4.22. The maximum Gasteiger partial charge on any atom is 0.255 e. The number of piperazine rings is 1. The van der Waals surface area contributed by atoms with Crippen molar-refractivity contribution in [3.63, 3.8) is 0 Å². The van der Waals surface area contributed by atoms with Crippen molar-refractivity contribution in [1.29, 1.82) is 5.26 Å². The van der Waals surface area contributed by atoms with Crippen LogP contribution in [-0.4, -0.2) is 47.9 Å². The van der Waals surface area contributed by atoms with Crippen LogP contribution in [0, 0.1) is 11.3 Å². The standard InChI is InChI=1S/C22H23N3O/c23-16-19-7-3-4-8-21(19)22(26)25-13-11-24(12-14-25)20-10-9-17-5-1-2-6-18(17)15-20/h1-8,20H,9-15H2/t20-/m0/s1. The van der Waals surface area contributed by atoms with E-state index in [0.717, 1.165) is 39.0 Å². The molecule has 0 spiro atoms. The summed E-state index contributed by atoms with van der Waals surface area (Å²) in [6.45, 7) is 3.29. The number of rotatable bonds is 2. The van der Waals surface area contributed by atoms with E-state index < -0.39 is 0 Å². The maximum absolute atomic E-state index is 12.8. The molecule has 1 aliphatic heterocycles. The molecule has 0 saturated carbocycles. The van der Waals surface area contributed by atoms with Crippen molar-refractivity contribution in [2.75, 3.05) is 26.2 Å². The van der Waals surface area contributed by atoms with E-state index in [0.29, 0.717) is 17.2 Å². The van der Waals surface area contributed by atoms with Gasteiger partial charge >= 0.3 is 0 Å². The highest BCUT2D eigenvalue weighted by Gasteiger charge is 2.29. The quantitative estimate of drug-likeness (QED) is 0.841. The zero-order chi connectivity index (χ0) is 17.9. The first-order chi connectivity index (χ1) is 12.8. The summed E-state index contributed by atoms with van der Waals surface area (Å²) in [6, 6.07) is 18.5. The van der Waals surface area contributed by atoms with Gasteiger partial charge in [-0.15, -0.1) is 0 Å². The second-order valence-electron chi connectivity index (χ2n) is 7.15. The Hall–Kier alpha value is -2.64. The van der Waals surface area contributed by atoms with E-state index in [-0.39, 0.29) is 5.91 Å². The first-order valence-electron chi connectivity index (χ1n) is 9.35. The number of hydrogen-bond acceptors (Lipinski definition) is 3. The van der Waals surface area contributed by atoms with Gasteiger partial charge in [0.15, 0.2) is 0 Å². The number of nitrogens with zero attached hydrogens (tertiary/aromatic N) is 3. The van der Waals surface area contributed by atoms with Crippen molar-refractivity contribution >= 4 is 5.91 Å². The van der Waals surface area contributed by atoms with Crippen molar-refractivity contribution in [2.24, 2.45) is 0 Å². The number of benzene rings is 2. The molecule has 1 saturated heterocycles. The summed E-state index contributed by atoms with van der Waals surface area (Å²) in [5, 5.41) is 9.23. The number of carbonyl (C=O) groups excluding carboxylic acids is 1. The summed E-state index contributed by atoms with van der Waals surface area (Å²) < 4.78 is 0. The summed E-state index contributed by atoms with van der Waals surface area (Å²) in [6.07, 6.45) is 3.46. The molecule has 0 aromatic heterocycles. The third kappa shape index (κ3) is 3.23. The molecule has 1 fully saturated rings. The molecule has 4 nitrogen and oxygen atoms in total. The molecule has 0 unspecified atom stereocenters. The van der Waals surface area contributed by atoms with Crippen LogP contribution in [0.15, 0.2) is 48.5 Å². The Kier molecular flexibility index (Phi) is 4.73. The van der Waals surface area contributed by atoms with Crippen molar-refractivity contribution < 1.29 is 4.79 Å². The van der Waals surface area contributed by atoms with Gasteiger partial charge in [0.25, 0.3) is 5.91 Å². The second kappa shape index (κ2) is 7.31. The van der Waals surface area contributed by atoms with Crippen molar-refractivity contribution in [1.82, 2.24) is 9.80 Å². The molecule has 2 aromatic rings. The number of hydrogen-bond donors (Lipinski definition) is 0. The highest BCUT2D eigenvalue weighted by atomic mass is 16.2. The Morgan fingerprint density at radius 1 is 0.962 bits per heavy atom. The fourth-order valence-corrected chi connectivity index (χ4v) is 4.22. The van der Waals surface area contributed by atoms with Crippen LogP contribution in [0.25, 0.3) is 0 Å². The molecule has 0 N–H and O–H groups in total. The van der Waals surface area contributed by atoms with Gasteiger partial charge in [0, 0.05) is 32.2 Å². The van der Waals surface area contributed by atoms with E-state index in [9.17, 15) is 10.1 Å². The Labute approximate surface area is 154 Å². The molecule has 26 heavy (non-hydrogen) atoms. The van der Waals surface area contributed by atoms with Gasteiger partial charge in [-0.1, -0.05) is 36.4 Å².